The normalized spacial score (nSPS) is 12.8. The summed E-state index contributed by atoms with van der Waals surface area (Å²) in [5, 5.41) is 0. The zero-order valence-corrected chi connectivity index (χ0v) is 11.1. The fraction of sp³-hybridized carbons (Fsp3) is 0.538. The third kappa shape index (κ3) is 4.45. The first-order chi connectivity index (χ1) is 7.63. The summed E-state index contributed by atoms with van der Waals surface area (Å²) in [6.07, 6.45) is 3.34. The Morgan fingerprint density at radius 3 is 2.38 bits per heavy atom. The molecular formula is C13H21NOS. The lowest BCUT2D eigenvalue weighted by molar-refractivity contribution is 0.242. The first-order valence-corrected chi connectivity index (χ1v) is 7.04. The molecule has 1 unspecified atom stereocenters. The van der Waals surface area contributed by atoms with Gasteiger partial charge in [-0.15, -0.1) is 0 Å². The molecule has 0 fully saturated rings. The molecule has 0 amide bonds. The molecule has 2 nitrogen and oxygen atoms in total. The Balaban J connectivity index is 2.56. The van der Waals surface area contributed by atoms with Crippen LogP contribution in [-0.2, 0) is 0 Å². The van der Waals surface area contributed by atoms with Crippen LogP contribution >= 0.6 is 11.8 Å². The summed E-state index contributed by atoms with van der Waals surface area (Å²) >= 11 is 1.83. The number of rotatable bonds is 6. The van der Waals surface area contributed by atoms with Crippen molar-refractivity contribution in [2.75, 3.05) is 12.0 Å². The van der Waals surface area contributed by atoms with E-state index in [9.17, 15) is 0 Å². The highest BCUT2D eigenvalue weighted by Crippen LogP contribution is 2.20. The topological polar surface area (TPSA) is 35.2 Å². The van der Waals surface area contributed by atoms with E-state index in [0.717, 1.165) is 17.9 Å². The van der Waals surface area contributed by atoms with Gasteiger partial charge in [0.05, 0.1) is 6.10 Å². The molecule has 0 bridgehead atoms. The van der Waals surface area contributed by atoms with E-state index in [1.807, 2.05) is 37.7 Å². The van der Waals surface area contributed by atoms with Crippen molar-refractivity contribution in [2.24, 2.45) is 5.73 Å². The molecule has 0 heterocycles. The van der Waals surface area contributed by atoms with E-state index in [2.05, 4.69) is 18.4 Å². The Bertz CT molecular complexity index is 297. The summed E-state index contributed by atoms with van der Waals surface area (Å²) in [5.41, 5.74) is 7.26. The maximum absolute atomic E-state index is 6.08. The Kier molecular flexibility index (Phi) is 5.71. The molecule has 1 aromatic rings. The van der Waals surface area contributed by atoms with Crippen molar-refractivity contribution >= 4 is 11.8 Å². The molecule has 0 spiro atoms. The smallest absolute Gasteiger partial charge is 0.119 e. The zero-order valence-electron chi connectivity index (χ0n) is 10.3. The van der Waals surface area contributed by atoms with E-state index in [1.165, 1.54) is 5.56 Å². The van der Waals surface area contributed by atoms with Gasteiger partial charge in [0.25, 0.3) is 0 Å². The lowest BCUT2D eigenvalue weighted by Crippen LogP contribution is -2.11. The van der Waals surface area contributed by atoms with E-state index in [-0.39, 0.29) is 12.1 Å². The summed E-state index contributed by atoms with van der Waals surface area (Å²) in [6, 6.07) is 8.24. The molecule has 2 N–H and O–H groups in total. The molecule has 1 aromatic carbocycles. The second-order valence-corrected chi connectivity index (χ2v) is 5.11. The minimum atomic E-state index is 0.139. The highest BCUT2D eigenvalue weighted by atomic mass is 32.2. The average molecular weight is 239 g/mol. The second kappa shape index (κ2) is 6.81. The lowest BCUT2D eigenvalue weighted by Gasteiger charge is -2.13. The molecule has 90 valence electrons. The predicted octanol–water partition coefficient (Wildman–Crippen LogP) is 3.23. The third-order valence-corrected chi connectivity index (χ3v) is 2.96. The van der Waals surface area contributed by atoms with Crippen LogP contribution in [0.15, 0.2) is 24.3 Å². The fourth-order valence-corrected chi connectivity index (χ4v) is 1.97. The molecule has 16 heavy (non-hydrogen) atoms. The minimum absolute atomic E-state index is 0.139. The van der Waals surface area contributed by atoms with Gasteiger partial charge in [0.1, 0.15) is 5.75 Å². The number of ether oxygens (including phenoxy) is 1. The van der Waals surface area contributed by atoms with Crippen LogP contribution in [0.25, 0.3) is 0 Å². The first kappa shape index (κ1) is 13.4. The van der Waals surface area contributed by atoms with Gasteiger partial charge in [-0.05, 0) is 50.0 Å². The predicted molar refractivity (Wildman–Crippen MR) is 72.1 cm³/mol. The fourth-order valence-electron chi connectivity index (χ4n) is 1.48. The van der Waals surface area contributed by atoms with Crippen molar-refractivity contribution in [3.63, 3.8) is 0 Å². The Morgan fingerprint density at radius 2 is 1.88 bits per heavy atom. The van der Waals surface area contributed by atoms with Crippen LogP contribution in [0.1, 0.15) is 31.9 Å². The molecule has 0 aliphatic rings. The van der Waals surface area contributed by atoms with Gasteiger partial charge in [-0.2, -0.15) is 11.8 Å². The number of nitrogens with two attached hydrogens (primary N) is 1. The van der Waals surface area contributed by atoms with Crippen molar-refractivity contribution in [3.8, 4) is 5.75 Å². The van der Waals surface area contributed by atoms with Gasteiger partial charge in [-0.25, -0.2) is 0 Å². The van der Waals surface area contributed by atoms with E-state index in [0.29, 0.717) is 0 Å². The van der Waals surface area contributed by atoms with Crippen LogP contribution in [-0.4, -0.2) is 18.1 Å². The second-order valence-electron chi connectivity index (χ2n) is 4.12. The maximum atomic E-state index is 6.08. The summed E-state index contributed by atoms with van der Waals surface area (Å²) in [7, 11) is 0. The van der Waals surface area contributed by atoms with Gasteiger partial charge >= 0.3 is 0 Å². The van der Waals surface area contributed by atoms with E-state index in [1.54, 1.807) is 0 Å². The van der Waals surface area contributed by atoms with Crippen molar-refractivity contribution < 1.29 is 4.74 Å². The maximum Gasteiger partial charge on any atom is 0.119 e. The number of benzene rings is 1. The minimum Gasteiger partial charge on any atom is -0.491 e. The molecule has 0 saturated carbocycles. The van der Waals surface area contributed by atoms with Gasteiger partial charge in [0.15, 0.2) is 0 Å². The SMILES string of the molecule is CSCCC(N)c1ccc(OC(C)C)cc1. The zero-order chi connectivity index (χ0) is 12.0. The van der Waals surface area contributed by atoms with Gasteiger partial charge < -0.3 is 10.5 Å². The molecule has 0 aliphatic carbocycles. The molecule has 3 heteroatoms. The van der Waals surface area contributed by atoms with Gasteiger partial charge in [0, 0.05) is 6.04 Å². The van der Waals surface area contributed by atoms with Crippen molar-refractivity contribution in [2.45, 2.75) is 32.4 Å². The lowest BCUT2D eigenvalue weighted by atomic mass is 10.1. The van der Waals surface area contributed by atoms with E-state index >= 15 is 0 Å². The highest BCUT2D eigenvalue weighted by molar-refractivity contribution is 7.98. The number of thioether (sulfide) groups is 1. The van der Waals surface area contributed by atoms with E-state index < -0.39 is 0 Å². The monoisotopic (exact) mass is 239 g/mol. The van der Waals surface area contributed by atoms with Gasteiger partial charge in [-0.3, -0.25) is 0 Å². The quantitative estimate of drug-likeness (QED) is 0.828. The Hall–Kier alpha value is -0.670. The molecule has 0 saturated heterocycles. The van der Waals surface area contributed by atoms with E-state index in [4.69, 9.17) is 10.5 Å². The molecular weight excluding hydrogens is 218 g/mol. The van der Waals surface area contributed by atoms with Crippen LogP contribution in [0.4, 0.5) is 0 Å². The Labute approximate surface area is 103 Å². The third-order valence-electron chi connectivity index (χ3n) is 2.31. The summed E-state index contributed by atoms with van der Waals surface area (Å²) in [4.78, 5) is 0. The number of hydrogen-bond donors (Lipinski definition) is 1. The van der Waals surface area contributed by atoms with Crippen molar-refractivity contribution in [3.05, 3.63) is 29.8 Å². The first-order valence-electron chi connectivity index (χ1n) is 5.64. The highest BCUT2D eigenvalue weighted by Gasteiger charge is 2.05. The van der Waals surface area contributed by atoms with Crippen molar-refractivity contribution in [1.82, 2.24) is 0 Å². The summed E-state index contributed by atoms with van der Waals surface area (Å²) in [6.45, 7) is 4.05. The van der Waals surface area contributed by atoms with Crippen LogP contribution in [0, 0.1) is 0 Å². The van der Waals surface area contributed by atoms with Crippen LogP contribution in [0.3, 0.4) is 0 Å². The molecule has 1 atom stereocenters. The Morgan fingerprint density at radius 1 is 1.25 bits per heavy atom. The van der Waals surface area contributed by atoms with Gasteiger partial charge in [0.2, 0.25) is 0 Å². The largest absolute Gasteiger partial charge is 0.491 e. The van der Waals surface area contributed by atoms with Crippen molar-refractivity contribution in [1.29, 1.82) is 0 Å². The average Bonchev–Trinajstić information content (AvgIpc) is 2.26. The summed E-state index contributed by atoms with van der Waals surface area (Å²) < 4.78 is 5.59. The standard InChI is InChI=1S/C13H21NOS/c1-10(2)15-12-6-4-11(5-7-12)13(14)8-9-16-3/h4-7,10,13H,8-9,14H2,1-3H3. The molecule has 1 rings (SSSR count). The van der Waals surface area contributed by atoms with Crippen LogP contribution < -0.4 is 10.5 Å². The summed E-state index contributed by atoms with van der Waals surface area (Å²) in [5.74, 6) is 2.02. The van der Waals surface area contributed by atoms with Gasteiger partial charge in [-0.1, -0.05) is 12.1 Å². The number of hydrogen-bond acceptors (Lipinski definition) is 3. The van der Waals surface area contributed by atoms with Crippen LogP contribution in [0.2, 0.25) is 0 Å². The van der Waals surface area contributed by atoms with Crippen LogP contribution in [0.5, 0.6) is 5.75 Å². The molecule has 0 radical (unpaired) electrons. The molecule has 0 aliphatic heterocycles. The molecule has 0 aromatic heterocycles.